The van der Waals surface area contributed by atoms with E-state index in [-0.39, 0.29) is 6.03 Å². The van der Waals surface area contributed by atoms with E-state index < -0.39 is 0 Å². The molecule has 0 saturated heterocycles. The zero-order valence-corrected chi connectivity index (χ0v) is 15.6. The van der Waals surface area contributed by atoms with Crippen LogP contribution in [0.2, 0.25) is 5.02 Å². The first kappa shape index (κ1) is 19.3. The van der Waals surface area contributed by atoms with Crippen molar-refractivity contribution >= 4 is 23.3 Å². The van der Waals surface area contributed by atoms with Crippen LogP contribution in [0.25, 0.3) is 0 Å². The van der Waals surface area contributed by atoms with Gasteiger partial charge in [0.25, 0.3) is 0 Å². The maximum absolute atomic E-state index is 12.8. The van der Waals surface area contributed by atoms with Crippen LogP contribution in [0.1, 0.15) is 24.0 Å². The molecule has 2 amide bonds. The highest BCUT2D eigenvalue weighted by atomic mass is 35.5. The van der Waals surface area contributed by atoms with Crippen molar-refractivity contribution in [3.8, 4) is 0 Å². The Morgan fingerprint density at radius 3 is 2.60 bits per heavy atom. The Morgan fingerprint density at radius 1 is 1.12 bits per heavy atom. The number of anilines is 1. The summed E-state index contributed by atoms with van der Waals surface area (Å²) in [5.74, 6) is 0. The number of methoxy groups -OCH3 is 1. The van der Waals surface area contributed by atoms with Gasteiger partial charge in [0.15, 0.2) is 0 Å². The van der Waals surface area contributed by atoms with Crippen LogP contribution in [-0.4, -0.2) is 31.2 Å². The fourth-order valence-electron chi connectivity index (χ4n) is 2.54. The third kappa shape index (κ3) is 6.07. The Balaban J connectivity index is 2.06. The molecule has 0 atom stereocenters. The Labute approximate surface area is 154 Å². The Hall–Kier alpha value is -2.04. The topological polar surface area (TPSA) is 41.6 Å². The van der Waals surface area contributed by atoms with Gasteiger partial charge >= 0.3 is 6.03 Å². The van der Waals surface area contributed by atoms with Gasteiger partial charge in [-0.15, -0.1) is 0 Å². The molecule has 5 heteroatoms. The zero-order chi connectivity index (χ0) is 18.1. The summed E-state index contributed by atoms with van der Waals surface area (Å²) in [7, 11) is 1.69. The van der Waals surface area contributed by atoms with Crippen molar-refractivity contribution in [3.63, 3.8) is 0 Å². The van der Waals surface area contributed by atoms with Gasteiger partial charge in [-0.1, -0.05) is 48.0 Å². The van der Waals surface area contributed by atoms with Gasteiger partial charge in [-0.25, -0.2) is 4.79 Å². The second kappa shape index (κ2) is 10.1. The molecule has 4 nitrogen and oxygen atoms in total. The molecule has 2 rings (SSSR count). The van der Waals surface area contributed by atoms with Gasteiger partial charge in [0.1, 0.15) is 0 Å². The van der Waals surface area contributed by atoms with E-state index in [2.05, 4.69) is 5.32 Å². The summed E-state index contributed by atoms with van der Waals surface area (Å²) in [6, 6.07) is 15.4. The molecular formula is C20H25ClN2O2. The molecule has 134 valence electrons. The van der Waals surface area contributed by atoms with E-state index in [1.165, 1.54) is 0 Å². The number of rotatable bonds is 8. The lowest BCUT2D eigenvalue weighted by Crippen LogP contribution is -2.35. The fourth-order valence-corrected chi connectivity index (χ4v) is 2.72. The number of benzene rings is 2. The number of nitrogens with zero attached hydrogens (tertiary/aromatic N) is 1. The standard InChI is InChI=1S/C20H25ClN2O2/c1-16-18(21)11-8-12-19(16)22-20(24)23(13-6-7-14-25-2)15-17-9-4-3-5-10-17/h3-5,8-12H,6-7,13-15H2,1-2H3,(H,22,24). The van der Waals surface area contributed by atoms with Crippen LogP contribution in [0.4, 0.5) is 10.5 Å². The van der Waals surface area contributed by atoms with Crippen molar-refractivity contribution in [3.05, 3.63) is 64.7 Å². The molecular weight excluding hydrogens is 336 g/mol. The molecule has 0 aliphatic rings. The van der Waals surface area contributed by atoms with Gasteiger partial charge in [0, 0.05) is 37.5 Å². The van der Waals surface area contributed by atoms with E-state index in [0.29, 0.717) is 24.7 Å². The number of ether oxygens (including phenoxy) is 1. The van der Waals surface area contributed by atoms with Crippen molar-refractivity contribution in [1.29, 1.82) is 0 Å². The highest BCUT2D eigenvalue weighted by molar-refractivity contribution is 6.31. The van der Waals surface area contributed by atoms with E-state index in [9.17, 15) is 4.79 Å². The predicted molar refractivity (Wildman–Crippen MR) is 103 cm³/mol. The van der Waals surface area contributed by atoms with Crippen LogP contribution < -0.4 is 5.32 Å². The summed E-state index contributed by atoms with van der Waals surface area (Å²) < 4.78 is 5.09. The maximum Gasteiger partial charge on any atom is 0.322 e. The Morgan fingerprint density at radius 2 is 1.88 bits per heavy atom. The molecule has 0 unspecified atom stereocenters. The predicted octanol–water partition coefficient (Wildman–Crippen LogP) is 5.11. The molecule has 0 heterocycles. The summed E-state index contributed by atoms with van der Waals surface area (Å²) >= 11 is 6.15. The molecule has 0 fully saturated rings. The second-order valence-corrected chi connectivity index (χ2v) is 6.36. The number of carbonyl (C=O) groups is 1. The molecule has 0 bridgehead atoms. The van der Waals surface area contributed by atoms with Crippen LogP contribution in [0.15, 0.2) is 48.5 Å². The summed E-state index contributed by atoms with van der Waals surface area (Å²) in [5, 5.41) is 3.63. The summed E-state index contributed by atoms with van der Waals surface area (Å²) in [4.78, 5) is 14.6. The highest BCUT2D eigenvalue weighted by Crippen LogP contribution is 2.23. The number of urea groups is 1. The van der Waals surface area contributed by atoms with E-state index in [4.69, 9.17) is 16.3 Å². The Kier molecular flexibility index (Phi) is 7.76. The fraction of sp³-hybridized carbons (Fsp3) is 0.350. The van der Waals surface area contributed by atoms with Crippen LogP contribution in [0, 0.1) is 6.92 Å². The van der Waals surface area contributed by atoms with Gasteiger partial charge in [0.05, 0.1) is 0 Å². The van der Waals surface area contributed by atoms with Crippen molar-refractivity contribution in [1.82, 2.24) is 4.90 Å². The largest absolute Gasteiger partial charge is 0.385 e. The van der Waals surface area contributed by atoms with Crippen molar-refractivity contribution in [2.45, 2.75) is 26.3 Å². The van der Waals surface area contributed by atoms with Crippen LogP contribution >= 0.6 is 11.6 Å². The van der Waals surface area contributed by atoms with Crippen LogP contribution in [0.5, 0.6) is 0 Å². The summed E-state index contributed by atoms with van der Waals surface area (Å²) in [6.07, 6.45) is 1.81. The summed E-state index contributed by atoms with van der Waals surface area (Å²) in [5.41, 5.74) is 2.72. The van der Waals surface area contributed by atoms with E-state index in [1.807, 2.05) is 60.4 Å². The van der Waals surface area contributed by atoms with Gasteiger partial charge in [-0.05, 0) is 43.0 Å². The molecule has 0 aliphatic heterocycles. The van der Waals surface area contributed by atoms with E-state index in [0.717, 1.165) is 29.7 Å². The molecule has 1 N–H and O–H groups in total. The number of amides is 2. The monoisotopic (exact) mass is 360 g/mol. The zero-order valence-electron chi connectivity index (χ0n) is 14.8. The lowest BCUT2D eigenvalue weighted by atomic mass is 10.2. The average Bonchev–Trinajstić information content (AvgIpc) is 2.62. The minimum atomic E-state index is -0.119. The number of unbranched alkanes of at least 4 members (excludes halogenated alkanes) is 1. The van der Waals surface area contributed by atoms with Gasteiger partial charge in [0.2, 0.25) is 0 Å². The molecule has 25 heavy (non-hydrogen) atoms. The third-order valence-electron chi connectivity index (χ3n) is 4.04. The number of halogens is 1. The van der Waals surface area contributed by atoms with Gasteiger partial charge in [-0.3, -0.25) is 0 Å². The lowest BCUT2D eigenvalue weighted by molar-refractivity contribution is 0.182. The highest BCUT2D eigenvalue weighted by Gasteiger charge is 2.15. The molecule has 0 aliphatic carbocycles. The minimum absolute atomic E-state index is 0.119. The first-order valence-corrected chi connectivity index (χ1v) is 8.83. The molecule has 0 radical (unpaired) electrons. The van der Waals surface area contributed by atoms with Crippen molar-refractivity contribution < 1.29 is 9.53 Å². The quantitative estimate of drug-likeness (QED) is 0.664. The summed E-state index contributed by atoms with van der Waals surface area (Å²) in [6.45, 7) is 3.84. The average molecular weight is 361 g/mol. The van der Waals surface area contributed by atoms with E-state index >= 15 is 0 Å². The first-order chi connectivity index (χ1) is 12.1. The molecule has 2 aromatic rings. The first-order valence-electron chi connectivity index (χ1n) is 8.45. The third-order valence-corrected chi connectivity index (χ3v) is 4.45. The number of hydrogen-bond acceptors (Lipinski definition) is 2. The SMILES string of the molecule is COCCCCN(Cc1ccccc1)C(=O)Nc1cccc(Cl)c1C. The van der Waals surface area contributed by atoms with E-state index in [1.54, 1.807) is 7.11 Å². The normalized spacial score (nSPS) is 10.5. The lowest BCUT2D eigenvalue weighted by Gasteiger charge is -2.24. The Bertz CT molecular complexity index is 677. The van der Waals surface area contributed by atoms with Crippen LogP contribution in [-0.2, 0) is 11.3 Å². The minimum Gasteiger partial charge on any atom is -0.385 e. The smallest absolute Gasteiger partial charge is 0.322 e. The second-order valence-electron chi connectivity index (χ2n) is 5.95. The maximum atomic E-state index is 12.8. The van der Waals surface area contributed by atoms with Crippen LogP contribution in [0.3, 0.4) is 0 Å². The molecule has 2 aromatic carbocycles. The molecule has 0 spiro atoms. The van der Waals surface area contributed by atoms with Crippen molar-refractivity contribution in [2.24, 2.45) is 0 Å². The molecule has 0 aromatic heterocycles. The number of hydrogen-bond donors (Lipinski definition) is 1. The van der Waals surface area contributed by atoms with Gasteiger partial charge in [-0.2, -0.15) is 0 Å². The molecule has 0 saturated carbocycles. The van der Waals surface area contributed by atoms with Gasteiger partial charge < -0.3 is 15.0 Å². The number of carbonyl (C=O) groups excluding carboxylic acids is 1. The number of nitrogens with one attached hydrogen (secondary N) is 1. The van der Waals surface area contributed by atoms with Crippen molar-refractivity contribution in [2.75, 3.05) is 25.6 Å².